The molecule has 0 aromatic heterocycles. The summed E-state index contributed by atoms with van der Waals surface area (Å²) in [6.45, 7) is 14.0. The summed E-state index contributed by atoms with van der Waals surface area (Å²) in [5.41, 5.74) is 2.05. The van der Waals surface area contributed by atoms with Gasteiger partial charge in [0.15, 0.2) is 11.5 Å². The Hall–Kier alpha value is -1.18. The summed E-state index contributed by atoms with van der Waals surface area (Å²) >= 11 is 0. The second kappa shape index (κ2) is 7.15. The van der Waals surface area contributed by atoms with Crippen molar-refractivity contribution in [3.05, 3.63) is 35.3 Å². The van der Waals surface area contributed by atoms with Gasteiger partial charge in [0, 0.05) is 0 Å². The highest BCUT2D eigenvalue weighted by atomic mass is 16.5. The maximum absolute atomic E-state index is 5.86. The molecule has 1 unspecified atom stereocenters. The Morgan fingerprint density at radius 3 is 2.19 bits per heavy atom. The molecule has 0 aliphatic rings. The largest absolute Gasteiger partial charge is 0.493 e. The maximum atomic E-state index is 5.86. The molecule has 0 aliphatic carbocycles. The van der Waals surface area contributed by atoms with Gasteiger partial charge in [0.25, 0.3) is 0 Å². The van der Waals surface area contributed by atoms with E-state index < -0.39 is 0 Å². The van der Waals surface area contributed by atoms with Gasteiger partial charge in [-0.25, -0.2) is 0 Å². The number of methoxy groups -OCH3 is 1. The number of rotatable bonds is 6. The molecular formula is C14H24O2. The van der Waals surface area contributed by atoms with Gasteiger partial charge in [-0.05, 0) is 45.8 Å². The topological polar surface area (TPSA) is 18.5 Å². The Morgan fingerprint density at radius 2 is 1.88 bits per heavy atom. The van der Waals surface area contributed by atoms with E-state index in [1.807, 2.05) is 26.8 Å². The number of hydrogen-bond acceptors (Lipinski definition) is 2. The smallest absolute Gasteiger partial charge is 0.160 e. The van der Waals surface area contributed by atoms with Crippen LogP contribution in [0.15, 0.2) is 35.3 Å². The van der Waals surface area contributed by atoms with Crippen molar-refractivity contribution in [1.29, 1.82) is 0 Å². The van der Waals surface area contributed by atoms with Crippen LogP contribution in [0.3, 0.4) is 0 Å². The quantitative estimate of drug-likeness (QED) is 0.497. The fraction of sp³-hybridized carbons (Fsp3) is 0.571. The predicted molar refractivity (Wildman–Crippen MR) is 69.1 cm³/mol. The molecule has 0 saturated carbocycles. The predicted octanol–water partition coefficient (Wildman–Crippen LogP) is 4.20. The first kappa shape index (κ1) is 14.8. The van der Waals surface area contributed by atoms with Gasteiger partial charge in [-0.2, -0.15) is 0 Å². The molecule has 0 saturated heterocycles. The van der Waals surface area contributed by atoms with E-state index in [-0.39, 0.29) is 6.10 Å². The van der Waals surface area contributed by atoms with Crippen LogP contribution in [0.5, 0.6) is 0 Å². The van der Waals surface area contributed by atoms with E-state index in [0.717, 1.165) is 29.1 Å². The SMILES string of the molecule is C=C(C)/C=C(/OC)C(OC(C)CC)=C(C)C. The molecule has 0 bridgehead atoms. The lowest BCUT2D eigenvalue weighted by Crippen LogP contribution is -2.10. The van der Waals surface area contributed by atoms with E-state index >= 15 is 0 Å². The van der Waals surface area contributed by atoms with Gasteiger partial charge in [0.1, 0.15) is 0 Å². The number of hydrogen-bond donors (Lipinski definition) is 0. The van der Waals surface area contributed by atoms with Crippen molar-refractivity contribution in [2.45, 2.75) is 47.1 Å². The molecule has 16 heavy (non-hydrogen) atoms. The van der Waals surface area contributed by atoms with Crippen LogP contribution >= 0.6 is 0 Å². The lowest BCUT2D eigenvalue weighted by atomic mass is 10.2. The lowest BCUT2D eigenvalue weighted by molar-refractivity contribution is 0.109. The molecule has 0 amide bonds. The fourth-order valence-electron chi connectivity index (χ4n) is 1.15. The molecular weight excluding hydrogens is 200 g/mol. The van der Waals surface area contributed by atoms with Crippen LogP contribution in [0.1, 0.15) is 41.0 Å². The van der Waals surface area contributed by atoms with E-state index in [1.54, 1.807) is 7.11 Å². The molecule has 0 radical (unpaired) electrons. The third-order valence-corrected chi connectivity index (χ3v) is 2.17. The van der Waals surface area contributed by atoms with Crippen LogP contribution < -0.4 is 0 Å². The molecule has 92 valence electrons. The molecule has 0 N–H and O–H groups in total. The van der Waals surface area contributed by atoms with Crippen molar-refractivity contribution in [3.63, 3.8) is 0 Å². The molecule has 0 fully saturated rings. The molecule has 0 heterocycles. The van der Waals surface area contributed by atoms with Crippen LogP contribution in [0.2, 0.25) is 0 Å². The molecule has 0 rings (SSSR count). The Bertz CT molecular complexity index is 294. The van der Waals surface area contributed by atoms with E-state index in [9.17, 15) is 0 Å². The van der Waals surface area contributed by atoms with Gasteiger partial charge in [0.2, 0.25) is 0 Å². The van der Waals surface area contributed by atoms with Crippen LogP contribution in [0.4, 0.5) is 0 Å². The molecule has 2 heteroatoms. The summed E-state index contributed by atoms with van der Waals surface area (Å²) in [5.74, 6) is 1.56. The van der Waals surface area contributed by atoms with Crippen molar-refractivity contribution in [3.8, 4) is 0 Å². The monoisotopic (exact) mass is 224 g/mol. The average molecular weight is 224 g/mol. The summed E-state index contributed by atoms with van der Waals surface area (Å²) < 4.78 is 11.2. The highest BCUT2D eigenvalue weighted by molar-refractivity contribution is 5.30. The lowest BCUT2D eigenvalue weighted by Gasteiger charge is -2.19. The third-order valence-electron chi connectivity index (χ3n) is 2.17. The van der Waals surface area contributed by atoms with Crippen molar-refractivity contribution in [1.82, 2.24) is 0 Å². The first-order chi connectivity index (χ1) is 7.42. The van der Waals surface area contributed by atoms with Crippen molar-refractivity contribution < 1.29 is 9.47 Å². The van der Waals surface area contributed by atoms with Crippen molar-refractivity contribution in [2.24, 2.45) is 0 Å². The normalized spacial score (nSPS) is 13.0. The number of ether oxygens (including phenoxy) is 2. The maximum Gasteiger partial charge on any atom is 0.160 e. The third kappa shape index (κ3) is 5.06. The minimum Gasteiger partial charge on any atom is -0.493 e. The Labute approximate surface area is 99.6 Å². The number of allylic oxidation sites excluding steroid dienone is 3. The van der Waals surface area contributed by atoms with Crippen LogP contribution in [-0.2, 0) is 9.47 Å². The van der Waals surface area contributed by atoms with Gasteiger partial charge in [0.05, 0.1) is 13.2 Å². The van der Waals surface area contributed by atoms with E-state index in [1.165, 1.54) is 0 Å². The first-order valence-corrected chi connectivity index (χ1v) is 5.68. The molecule has 1 atom stereocenters. The highest BCUT2D eigenvalue weighted by Gasteiger charge is 2.12. The first-order valence-electron chi connectivity index (χ1n) is 5.68. The molecule has 2 nitrogen and oxygen atoms in total. The second-order valence-electron chi connectivity index (χ2n) is 4.22. The zero-order valence-electron chi connectivity index (χ0n) is 11.4. The molecule has 0 spiro atoms. The highest BCUT2D eigenvalue weighted by Crippen LogP contribution is 2.21. The van der Waals surface area contributed by atoms with Crippen LogP contribution in [0, 0.1) is 0 Å². The zero-order valence-corrected chi connectivity index (χ0v) is 11.4. The molecule has 0 aromatic carbocycles. The van der Waals surface area contributed by atoms with Gasteiger partial charge in [-0.15, -0.1) is 0 Å². The summed E-state index contributed by atoms with van der Waals surface area (Å²) in [6, 6.07) is 0. The fourth-order valence-corrected chi connectivity index (χ4v) is 1.15. The van der Waals surface area contributed by atoms with Gasteiger partial charge in [-0.3, -0.25) is 0 Å². The van der Waals surface area contributed by atoms with Gasteiger partial charge < -0.3 is 9.47 Å². The zero-order chi connectivity index (χ0) is 12.7. The van der Waals surface area contributed by atoms with Crippen LogP contribution in [0.25, 0.3) is 0 Å². The van der Waals surface area contributed by atoms with E-state index in [2.05, 4.69) is 20.4 Å². The van der Waals surface area contributed by atoms with Crippen molar-refractivity contribution >= 4 is 0 Å². The summed E-state index contributed by atoms with van der Waals surface area (Å²) in [6.07, 6.45) is 3.06. The van der Waals surface area contributed by atoms with Crippen LogP contribution in [-0.4, -0.2) is 13.2 Å². The summed E-state index contributed by atoms with van der Waals surface area (Å²) in [4.78, 5) is 0. The van der Waals surface area contributed by atoms with Gasteiger partial charge in [-0.1, -0.05) is 19.1 Å². The Kier molecular flexibility index (Phi) is 6.63. The summed E-state index contributed by atoms with van der Waals surface area (Å²) in [5, 5.41) is 0. The minimum absolute atomic E-state index is 0.188. The average Bonchev–Trinajstić information content (AvgIpc) is 2.21. The standard InChI is InChI=1S/C14H24O2/c1-8-12(6)16-14(11(4)5)13(15-7)9-10(2)3/h9,12H,2,8H2,1,3-7H3/b13-9+. The Balaban J connectivity index is 5.06. The summed E-state index contributed by atoms with van der Waals surface area (Å²) in [7, 11) is 1.65. The molecule has 0 aliphatic heterocycles. The van der Waals surface area contributed by atoms with E-state index in [0.29, 0.717) is 0 Å². The second-order valence-corrected chi connectivity index (χ2v) is 4.22. The Morgan fingerprint density at radius 1 is 1.31 bits per heavy atom. The van der Waals surface area contributed by atoms with E-state index in [4.69, 9.17) is 9.47 Å². The minimum atomic E-state index is 0.188. The molecule has 0 aromatic rings. The van der Waals surface area contributed by atoms with Gasteiger partial charge >= 0.3 is 0 Å². The van der Waals surface area contributed by atoms with Crippen molar-refractivity contribution in [2.75, 3.05) is 7.11 Å².